The van der Waals surface area contributed by atoms with Crippen molar-refractivity contribution < 1.29 is 14.3 Å². The van der Waals surface area contributed by atoms with E-state index in [0.717, 1.165) is 29.4 Å². The lowest BCUT2D eigenvalue weighted by Crippen LogP contribution is -2.41. The molecule has 1 aromatic rings. The summed E-state index contributed by atoms with van der Waals surface area (Å²) in [6.45, 7) is 7.84. The summed E-state index contributed by atoms with van der Waals surface area (Å²) < 4.78 is 11.2. The van der Waals surface area contributed by atoms with Gasteiger partial charge in [-0.05, 0) is 30.5 Å². The van der Waals surface area contributed by atoms with Crippen LogP contribution < -0.4 is 20.1 Å². The van der Waals surface area contributed by atoms with Gasteiger partial charge in [0.25, 0.3) is 0 Å². The van der Waals surface area contributed by atoms with Crippen LogP contribution in [0.2, 0.25) is 0 Å². The average Bonchev–Trinajstić information content (AvgIpc) is 2.60. The smallest absolute Gasteiger partial charge is 0.222 e. The van der Waals surface area contributed by atoms with Crippen molar-refractivity contribution in [2.75, 3.05) is 31.8 Å². The zero-order chi connectivity index (χ0) is 18.2. The van der Waals surface area contributed by atoms with Crippen LogP contribution in [0, 0.1) is 5.92 Å². The summed E-state index contributed by atoms with van der Waals surface area (Å²) in [6, 6.07) is 6.04. The number of carbonyl (C=O) groups is 1. The standard InChI is InChI=1S/C19H30N2O3S/c1-13(2)11-24-17-6-5-15(9-18(17)23-4)14(3)21-19(22)10-16-12-25-8-7-20-16/h5-6,9,13-14,16,20H,7-8,10-12H2,1-4H3,(H,21,22). The Labute approximate surface area is 155 Å². The highest BCUT2D eigenvalue weighted by atomic mass is 32.2. The van der Waals surface area contributed by atoms with Gasteiger partial charge in [0.2, 0.25) is 5.91 Å². The molecule has 0 bridgehead atoms. The predicted octanol–water partition coefficient (Wildman–Crippen LogP) is 3.00. The second-order valence-corrected chi connectivity index (χ2v) is 7.98. The molecule has 1 saturated heterocycles. The van der Waals surface area contributed by atoms with E-state index >= 15 is 0 Å². The summed E-state index contributed by atoms with van der Waals surface area (Å²) in [5.41, 5.74) is 1.01. The fourth-order valence-corrected chi connectivity index (χ4v) is 3.64. The maximum absolute atomic E-state index is 12.3. The predicted molar refractivity (Wildman–Crippen MR) is 104 cm³/mol. The number of thioether (sulfide) groups is 1. The van der Waals surface area contributed by atoms with Gasteiger partial charge in [-0.25, -0.2) is 0 Å². The maximum atomic E-state index is 12.3. The summed E-state index contributed by atoms with van der Waals surface area (Å²) in [4.78, 5) is 12.3. The lowest BCUT2D eigenvalue weighted by Gasteiger charge is -2.24. The molecule has 2 unspecified atom stereocenters. The molecule has 1 heterocycles. The number of benzene rings is 1. The first-order valence-corrected chi connectivity index (χ1v) is 10.1. The maximum Gasteiger partial charge on any atom is 0.222 e. The minimum atomic E-state index is -0.0724. The van der Waals surface area contributed by atoms with Crippen LogP contribution in [0.4, 0.5) is 0 Å². The lowest BCUT2D eigenvalue weighted by atomic mass is 10.1. The van der Waals surface area contributed by atoms with Crippen LogP contribution in [-0.4, -0.2) is 43.7 Å². The van der Waals surface area contributed by atoms with Gasteiger partial charge in [0, 0.05) is 30.5 Å². The number of hydrogen-bond donors (Lipinski definition) is 2. The molecule has 1 aliphatic rings. The minimum absolute atomic E-state index is 0.0724. The Morgan fingerprint density at radius 3 is 2.80 bits per heavy atom. The molecule has 140 valence electrons. The average molecular weight is 367 g/mol. The van der Waals surface area contributed by atoms with E-state index in [4.69, 9.17) is 9.47 Å². The number of ether oxygens (including phenoxy) is 2. The van der Waals surface area contributed by atoms with E-state index < -0.39 is 0 Å². The van der Waals surface area contributed by atoms with Crippen LogP contribution in [0.15, 0.2) is 18.2 Å². The zero-order valence-corrected chi connectivity index (χ0v) is 16.4. The van der Waals surface area contributed by atoms with E-state index in [1.54, 1.807) is 7.11 Å². The molecule has 6 heteroatoms. The Balaban J connectivity index is 1.93. The molecular weight excluding hydrogens is 336 g/mol. The van der Waals surface area contributed by atoms with Gasteiger partial charge in [0.05, 0.1) is 19.8 Å². The van der Waals surface area contributed by atoms with Crippen molar-refractivity contribution in [3.05, 3.63) is 23.8 Å². The number of hydrogen-bond acceptors (Lipinski definition) is 5. The number of rotatable bonds is 8. The first-order valence-electron chi connectivity index (χ1n) is 8.90. The number of methoxy groups -OCH3 is 1. The fraction of sp³-hybridized carbons (Fsp3) is 0.632. The van der Waals surface area contributed by atoms with Gasteiger partial charge in [-0.3, -0.25) is 4.79 Å². The Kier molecular flexibility index (Phi) is 7.90. The largest absolute Gasteiger partial charge is 0.493 e. The van der Waals surface area contributed by atoms with E-state index in [0.29, 0.717) is 24.7 Å². The molecule has 0 saturated carbocycles. The van der Waals surface area contributed by atoms with Crippen LogP contribution in [0.3, 0.4) is 0 Å². The molecule has 2 atom stereocenters. The Morgan fingerprint density at radius 2 is 2.16 bits per heavy atom. The molecule has 5 nitrogen and oxygen atoms in total. The van der Waals surface area contributed by atoms with Crippen LogP contribution >= 0.6 is 11.8 Å². The third kappa shape index (κ3) is 6.44. The van der Waals surface area contributed by atoms with Crippen molar-refractivity contribution in [2.24, 2.45) is 5.92 Å². The van der Waals surface area contributed by atoms with Gasteiger partial charge >= 0.3 is 0 Å². The van der Waals surface area contributed by atoms with E-state index in [-0.39, 0.29) is 18.0 Å². The summed E-state index contributed by atoms with van der Waals surface area (Å²) >= 11 is 1.90. The first kappa shape index (κ1) is 19.9. The van der Waals surface area contributed by atoms with E-state index in [1.165, 1.54) is 0 Å². The molecule has 0 spiro atoms. The Hall–Kier alpha value is -1.40. The first-order chi connectivity index (χ1) is 12.0. The molecule has 1 amide bonds. The minimum Gasteiger partial charge on any atom is -0.493 e. The van der Waals surface area contributed by atoms with E-state index in [9.17, 15) is 4.79 Å². The number of carbonyl (C=O) groups excluding carboxylic acids is 1. The molecule has 2 rings (SSSR count). The molecule has 2 N–H and O–H groups in total. The van der Waals surface area contributed by atoms with Gasteiger partial charge in [-0.15, -0.1) is 0 Å². The van der Waals surface area contributed by atoms with Gasteiger partial charge < -0.3 is 20.1 Å². The van der Waals surface area contributed by atoms with Crippen LogP contribution in [0.5, 0.6) is 11.5 Å². The monoisotopic (exact) mass is 366 g/mol. The van der Waals surface area contributed by atoms with Crippen LogP contribution in [-0.2, 0) is 4.79 Å². The molecular formula is C19H30N2O3S. The molecule has 0 aliphatic carbocycles. The topological polar surface area (TPSA) is 59.6 Å². The van der Waals surface area contributed by atoms with Gasteiger partial charge in [0.15, 0.2) is 11.5 Å². The Morgan fingerprint density at radius 1 is 1.36 bits per heavy atom. The second-order valence-electron chi connectivity index (χ2n) is 6.83. The van der Waals surface area contributed by atoms with E-state index in [1.807, 2.05) is 36.9 Å². The van der Waals surface area contributed by atoms with Crippen molar-refractivity contribution in [1.82, 2.24) is 10.6 Å². The normalized spacial score (nSPS) is 18.7. The van der Waals surface area contributed by atoms with Crippen molar-refractivity contribution >= 4 is 17.7 Å². The Bertz CT molecular complexity index is 560. The van der Waals surface area contributed by atoms with Gasteiger partial charge in [-0.1, -0.05) is 19.9 Å². The fourth-order valence-electron chi connectivity index (χ4n) is 2.69. The summed E-state index contributed by atoms with van der Waals surface area (Å²) in [6.07, 6.45) is 0.518. The van der Waals surface area contributed by atoms with E-state index in [2.05, 4.69) is 24.5 Å². The zero-order valence-electron chi connectivity index (χ0n) is 15.6. The van der Waals surface area contributed by atoms with Crippen molar-refractivity contribution in [1.29, 1.82) is 0 Å². The molecule has 25 heavy (non-hydrogen) atoms. The molecule has 1 aromatic carbocycles. The summed E-state index contributed by atoms with van der Waals surface area (Å²) in [7, 11) is 1.64. The van der Waals surface area contributed by atoms with Crippen molar-refractivity contribution in [3.63, 3.8) is 0 Å². The molecule has 0 radical (unpaired) electrons. The summed E-state index contributed by atoms with van der Waals surface area (Å²) in [5, 5.41) is 6.47. The van der Waals surface area contributed by atoms with Crippen molar-refractivity contribution in [3.8, 4) is 11.5 Å². The van der Waals surface area contributed by atoms with Crippen LogP contribution in [0.1, 0.15) is 38.8 Å². The third-order valence-corrected chi connectivity index (χ3v) is 5.20. The lowest BCUT2D eigenvalue weighted by molar-refractivity contribution is -0.122. The van der Waals surface area contributed by atoms with Gasteiger partial charge in [-0.2, -0.15) is 11.8 Å². The highest BCUT2D eigenvalue weighted by Gasteiger charge is 2.19. The SMILES string of the molecule is COc1cc(C(C)NC(=O)CC2CSCCN2)ccc1OCC(C)C. The summed E-state index contributed by atoms with van der Waals surface area (Å²) in [5.74, 6) is 4.09. The van der Waals surface area contributed by atoms with Crippen molar-refractivity contribution in [2.45, 2.75) is 39.3 Å². The number of nitrogens with one attached hydrogen (secondary N) is 2. The highest BCUT2D eigenvalue weighted by molar-refractivity contribution is 7.99. The third-order valence-electron chi connectivity index (χ3n) is 4.07. The number of amides is 1. The second kappa shape index (κ2) is 9.92. The quantitative estimate of drug-likeness (QED) is 0.741. The molecule has 0 aromatic heterocycles. The highest BCUT2D eigenvalue weighted by Crippen LogP contribution is 2.30. The molecule has 1 aliphatic heterocycles. The van der Waals surface area contributed by atoms with Gasteiger partial charge in [0.1, 0.15) is 0 Å². The molecule has 1 fully saturated rings. The van der Waals surface area contributed by atoms with Crippen LogP contribution in [0.25, 0.3) is 0 Å².